The second kappa shape index (κ2) is 7.56. The zero-order valence-corrected chi connectivity index (χ0v) is 19.2. The van der Waals surface area contributed by atoms with E-state index in [4.69, 9.17) is 4.98 Å². The minimum absolute atomic E-state index is 0.478. The van der Waals surface area contributed by atoms with Gasteiger partial charge in [0.25, 0.3) is 0 Å². The number of aromatic nitrogens is 1. The fourth-order valence-corrected chi connectivity index (χ4v) is 8.89. The Kier molecular flexibility index (Phi) is 5.12. The molecule has 2 heteroatoms. The van der Waals surface area contributed by atoms with Gasteiger partial charge >= 0.3 is 171 Å². The number of nitrogens with zero attached hydrogens (tertiary/aromatic N) is 1. The van der Waals surface area contributed by atoms with Crippen LogP contribution in [0.3, 0.4) is 0 Å². The number of benzene rings is 3. The SMILES string of the molecule is CC(C)c1cc(-c2c[c]([Ge]([CH3])([CH3])[c]3ccccc3)ccn2)cc2ccccc12. The van der Waals surface area contributed by atoms with Crippen LogP contribution in [0, 0.1) is 0 Å². The molecule has 0 saturated heterocycles. The van der Waals surface area contributed by atoms with Gasteiger partial charge in [0.15, 0.2) is 0 Å². The third-order valence-electron chi connectivity index (χ3n) is 5.79. The zero-order valence-electron chi connectivity index (χ0n) is 17.1. The van der Waals surface area contributed by atoms with Gasteiger partial charge in [0.1, 0.15) is 0 Å². The summed E-state index contributed by atoms with van der Waals surface area (Å²) < 4.78 is 2.97. The monoisotopic (exact) mass is 427 g/mol. The van der Waals surface area contributed by atoms with Crippen LogP contribution in [0.15, 0.2) is 85.1 Å². The molecule has 28 heavy (non-hydrogen) atoms. The van der Waals surface area contributed by atoms with Gasteiger partial charge in [0.05, 0.1) is 0 Å². The number of hydrogen-bond donors (Lipinski definition) is 0. The predicted molar refractivity (Wildman–Crippen MR) is 124 cm³/mol. The molecule has 0 spiro atoms. The quantitative estimate of drug-likeness (QED) is 0.374. The maximum absolute atomic E-state index is 4.75. The first-order valence-corrected chi connectivity index (χ1v) is 16.3. The topological polar surface area (TPSA) is 12.9 Å². The van der Waals surface area contributed by atoms with Gasteiger partial charge in [-0.25, -0.2) is 0 Å². The molecule has 0 saturated carbocycles. The summed E-state index contributed by atoms with van der Waals surface area (Å²) >= 11 is -2.34. The normalized spacial score (nSPS) is 11.9. The van der Waals surface area contributed by atoms with Crippen LogP contribution in [-0.2, 0) is 0 Å². The molecule has 0 aliphatic carbocycles. The van der Waals surface area contributed by atoms with E-state index in [9.17, 15) is 0 Å². The van der Waals surface area contributed by atoms with E-state index in [1.54, 1.807) is 0 Å². The van der Waals surface area contributed by atoms with E-state index in [0.29, 0.717) is 5.92 Å². The summed E-state index contributed by atoms with van der Waals surface area (Å²) in [5, 5.41) is 2.64. The maximum atomic E-state index is 4.75. The van der Waals surface area contributed by atoms with Crippen LogP contribution in [0.1, 0.15) is 25.3 Å². The van der Waals surface area contributed by atoms with Crippen molar-refractivity contribution >= 4 is 32.8 Å². The third-order valence-corrected chi connectivity index (χ3v) is 13.2. The first kappa shape index (κ1) is 19.0. The van der Waals surface area contributed by atoms with Crippen LogP contribution in [0.5, 0.6) is 0 Å². The van der Waals surface area contributed by atoms with E-state index in [1.807, 2.05) is 6.20 Å². The second-order valence-corrected chi connectivity index (χ2v) is 17.6. The van der Waals surface area contributed by atoms with Gasteiger partial charge in [0.2, 0.25) is 0 Å². The molecule has 0 fully saturated rings. The number of rotatable bonds is 4. The molecule has 3 aromatic carbocycles. The van der Waals surface area contributed by atoms with Crippen LogP contribution in [-0.4, -0.2) is 18.3 Å². The van der Waals surface area contributed by atoms with E-state index in [-0.39, 0.29) is 0 Å². The molecule has 140 valence electrons. The Balaban J connectivity index is 1.84. The Hall–Kier alpha value is -2.39. The van der Waals surface area contributed by atoms with Crippen molar-refractivity contribution in [2.45, 2.75) is 31.3 Å². The molecule has 0 radical (unpaired) electrons. The molecule has 0 atom stereocenters. The Morgan fingerprint density at radius 2 is 1.46 bits per heavy atom. The fourth-order valence-electron chi connectivity index (χ4n) is 3.96. The predicted octanol–water partition coefficient (Wildman–Crippen LogP) is 5.85. The van der Waals surface area contributed by atoms with Crippen molar-refractivity contribution < 1.29 is 0 Å². The average molecular weight is 426 g/mol. The van der Waals surface area contributed by atoms with Crippen LogP contribution in [0.25, 0.3) is 22.0 Å². The standard InChI is InChI=1S/C26H27GeN/c1-19(2)25-17-21(16-20-10-8-9-13-24(20)25)26-18-23(14-15-28-26)27(3,4)22-11-6-5-7-12-22/h5-19H,1-4H3. The minimum atomic E-state index is -2.34. The van der Waals surface area contributed by atoms with Crippen molar-refractivity contribution in [2.24, 2.45) is 0 Å². The van der Waals surface area contributed by atoms with Gasteiger partial charge in [-0.3, -0.25) is 0 Å². The molecule has 0 amide bonds. The molecule has 0 N–H and O–H groups in total. The van der Waals surface area contributed by atoms with Gasteiger partial charge in [0, 0.05) is 0 Å². The molecule has 1 aromatic heterocycles. The van der Waals surface area contributed by atoms with Crippen LogP contribution in [0.4, 0.5) is 0 Å². The van der Waals surface area contributed by atoms with E-state index in [1.165, 1.54) is 30.7 Å². The Morgan fingerprint density at radius 1 is 0.750 bits per heavy atom. The van der Waals surface area contributed by atoms with Gasteiger partial charge in [-0.2, -0.15) is 0 Å². The summed E-state index contributed by atoms with van der Waals surface area (Å²) in [6.45, 7) is 4.53. The average Bonchev–Trinajstić information content (AvgIpc) is 2.73. The molecule has 4 rings (SSSR count). The Morgan fingerprint density at radius 3 is 2.21 bits per heavy atom. The van der Waals surface area contributed by atoms with Crippen molar-refractivity contribution in [3.05, 3.63) is 90.6 Å². The summed E-state index contributed by atoms with van der Waals surface area (Å²) in [5.41, 5.74) is 3.69. The summed E-state index contributed by atoms with van der Waals surface area (Å²) in [6.07, 6.45) is 1.99. The Labute approximate surface area is 170 Å². The molecule has 0 aliphatic heterocycles. The van der Waals surface area contributed by atoms with Gasteiger partial charge in [-0.1, -0.05) is 0 Å². The first-order chi connectivity index (χ1) is 13.5. The van der Waals surface area contributed by atoms with Crippen LogP contribution in [0.2, 0.25) is 11.5 Å². The van der Waals surface area contributed by atoms with Crippen molar-refractivity contribution in [2.75, 3.05) is 0 Å². The Bertz CT molecular complexity index is 1110. The fraction of sp³-hybridized carbons (Fsp3) is 0.192. The van der Waals surface area contributed by atoms with Crippen molar-refractivity contribution in [3.8, 4) is 11.3 Å². The van der Waals surface area contributed by atoms with E-state index < -0.39 is 13.3 Å². The van der Waals surface area contributed by atoms with E-state index in [2.05, 4.69) is 104 Å². The molecular weight excluding hydrogens is 399 g/mol. The molecule has 0 bridgehead atoms. The third kappa shape index (κ3) is 3.51. The van der Waals surface area contributed by atoms with Crippen LogP contribution >= 0.6 is 0 Å². The van der Waals surface area contributed by atoms with Crippen LogP contribution < -0.4 is 8.79 Å². The van der Waals surface area contributed by atoms with Crippen molar-refractivity contribution in [3.63, 3.8) is 0 Å². The number of fused-ring (bicyclic) bond motifs is 1. The summed E-state index contributed by atoms with van der Waals surface area (Å²) in [7, 11) is 0. The van der Waals surface area contributed by atoms with E-state index in [0.717, 1.165) is 5.69 Å². The van der Waals surface area contributed by atoms with Gasteiger partial charge < -0.3 is 0 Å². The van der Waals surface area contributed by atoms with Gasteiger partial charge in [-0.15, -0.1) is 0 Å². The van der Waals surface area contributed by atoms with Crippen molar-refractivity contribution in [1.82, 2.24) is 4.98 Å². The van der Waals surface area contributed by atoms with Gasteiger partial charge in [-0.05, 0) is 0 Å². The summed E-state index contributed by atoms with van der Waals surface area (Å²) in [4.78, 5) is 4.75. The summed E-state index contributed by atoms with van der Waals surface area (Å²) in [5.74, 6) is 5.41. The second-order valence-electron chi connectivity index (χ2n) is 8.36. The molecule has 4 aromatic rings. The number of pyridine rings is 1. The number of hydrogen-bond acceptors (Lipinski definition) is 1. The molecule has 1 heterocycles. The van der Waals surface area contributed by atoms with Crippen molar-refractivity contribution in [1.29, 1.82) is 0 Å². The zero-order chi connectivity index (χ0) is 19.7. The molecular formula is C26H27GeN. The first-order valence-electron chi connectivity index (χ1n) is 10.0. The summed E-state index contributed by atoms with van der Waals surface area (Å²) in [6, 6.07) is 28.8. The molecule has 1 nitrogen and oxygen atoms in total. The molecule has 0 aliphatic rings. The van der Waals surface area contributed by atoms with E-state index >= 15 is 0 Å². The molecule has 0 unspecified atom stereocenters.